The van der Waals surface area contributed by atoms with Crippen molar-refractivity contribution in [2.45, 2.75) is 12.6 Å². The normalized spacial score (nSPS) is 12.1. The summed E-state index contributed by atoms with van der Waals surface area (Å²) in [4.78, 5) is 23.1. The quantitative estimate of drug-likeness (QED) is 0.543. The van der Waals surface area contributed by atoms with Crippen LogP contribution in [0.5, 0.6) is 0 Å². The highest BCUT2D eigenvalue weighted by Gasteiger charge is 2.24. The predicted octanol–water partition coefficient (Wildman–Crippen LogP) is -0.135. The number of amides is 1. The number of thiophene rings is 1. The third-order valence-electron chi connectivity index (χ3n) is 1.78. The van der Waals surface area contributed by atoms with Crippen LogP contribution in [0.1, 0.15) is 4.88 Å². The first kappa shape index (κ1) is 11.7. The smallest absolute Gasteiger partial charge is 0.332 e. The van der Waals surface area contributed by atoms with E-state index in [0.717, 1.165) is 4.88 Å². The first-order valence-corrected chi connectivity index (χ1v) is 5.16. The average molecular weight is 228 g/mol. The maximum atomic E-state index is 11.1. The van der Waals surface area contributed by atoms with Crippen LogP contribution < -0.4 is 11.1 Å². The minimum Gasteiger partial charge on any atom is -0.467 e. The number of nitrogens with one attached hydrogen (secondary N) is 1. The predicted molar refractivity (Wildman–Crippen MR) is 56.2 cm³/mol. The Labute approximate surface area is 91.2 Å². The second kappa shape index (κ2) is 5.47. The molecular formula is C9H12N2O3S. The van der Waals surface area contributed by atoms with Gasteiger partial charge >= 0.3 is 5.97 Å². The summed E-state index contributed by atoms with van der Waals surface area (Å²) in [6.07, 6.45) is 0. The zero-order valence-electron chi connectivity index (χ0n) is 8.23. The molecule has 0 aliphatic carbocycles. The van der Waals surface area contributed by atoms with Crippen LogP contribution in [0.25, 0.3) is 0 Å². The first-order valence-electron chi connectivity index (χ1n) is 4.28. The Kier molecular flexibility index (Phi) is 4.26. The van der Waals surface area contributed by atoms with Crippen LogP contribution in [-0.4, -0.2) is 25.0 Å². The van der Waals surface area contributed by atoms with Crippen molar-refractivity contribution in [2.24, 2.45) is 5.73 Å². The molecule has 1 amide bonds. The van der Waals surface area contributed by atoms with Gasteiger partial charge in [-0.1, -0.05) is 6.07 Å². The van der Waals surface area contributed by atoms with E-state index < -0.39 is 17.9 Å². The molecule has 5 nitrogen and oxygen atoms in total. The molecule has 0 aliphatic heterocycles. The molecule has 1 rings (SSSR count). The molecule has 1 atom stereocenters. The zero-order valence-corrected chi connectivity index (χ0v) is 9.04. The number of carbonyl (C=O) groups excluding carboxylic acids is 2. The lowest BCUT2D eigenvalue weighted by Gasteiger charge is -2.11. The number of hydrogen-bond acceptors (Lipinski definition) is 5. The van der Waals surface area contributed by atoms with Gasteiger partial charge in [0, 0.05) is 11.4 Å². The van der Waals surface area contributed by atoms with Gasteiger partial charge in [-0.2, -0.15) is 0 Å². The largest absolute Gasteiger partial charge is 0.467 e. The van der Waals surface area contributed by atoms with Crippen LogP contribution in [-0.2, 0) is 20.9 Å². The zero-order chi connectivity index (χ0) is 11.3. The molecule has 0 spiro atoms. The number of methoxy groups -OCH3 is 1. The number of nitrogens with two attached hydrogens (primary N) is 1. The number of primary amides is 1. The third kappa shape index (κ3) is 3.34. The highest BCUT2D eigenvalue weighted by Crippen LogP contribution is 2.07. The summed E-state index contributed by atoms with van der Waals surface area (Å²) >= 11 is 1.53. The van der Waals surface area contributed by atoms with E-state index in [1.165, 1.54) is 18.4 Å². The minimum atomic E-state index is -1.09. The molecular weight excluding hydrogens is 216 g/mol. The van der Waals surface area contributed by atoms with Gasteiger partial charge in [0.2, 0.25) is 5.91 Å². The summed E-state index contributed by atoms with van der Waals surface area (Å²) in [5.41, 5.74) is 5.05. The number of carbonyl (C=O) groups is 2. The van der Waals surface area contributed by atoms with Gasteiger partial charge in [0.15, 0.2) is 6.04 Å². The Balaban J connectivity index is 2.52. The molecule has 0 bridgehead atoms. The van der Waals surface area contributed by atoms with Crippen molar-refractivity contribution < 1.29 is 14.3 Å². The Hall–Kier alpha value is -1.40. The van der Waals surface area contributed by atoms with Gasteiger partial charge in [-0.3, -0.25) is 10.1 Å². The van der Waals surface area contributed by atoms with Crippen LogP contribution in [0.4, 0.5) is 0 Å². The summed E-state index contributed by atoms with van der Waals surface area (Å²) in [6.45, 7) is 0.417. The molecule has 1 aromatic rings. The molecule has 1 heterocycles. The van der Waals surface area contributed by atoms with E-state index in [4.69, 9.17) is 5.73 Å². The highest BCUT2D eigenvalue weighted by atomic mass is 32.1. The highest BCUT2D eigenvalue weighted by molar-refractivity contribution is 7.09. The molecule has 0 aliphatic rings. The standard InChI is InChI=1S/C9H12N2O3S/c1-14-9(13)7(8(10)12)11-5-6-3-2-4-15-6/h2-4,7,11H,5H2,1H3,(H2,10,12). The fourth-order valence-electron chi connectivity index (χ4n) is 1.03. The fraction of sp³-hybridized carbons (Fsp3) is 0.333. The molecule has 0 radical (unpaired) electrons. The van der Waals surface area contributed by atoms with E-state index >= 15 is 0 Å². The Morgan fingerprint density at radius 3 is 2.87 bits per heavy atom. The van der Waals surface area contributed by atoms with Crippen LogP contribution >= 0.6 is 11.3 Å². The van der Waals surface area contributed by atoms with Crippen LogP contribution in [0.2, 0.25) is 0 Å². The van der Waals surface area contributed by atoms with Crippen molar-refractivity contribution in [1.29, 1.82) is 0 Å². The van der Waals surface area contributed by atoms with Crippen molar-refractivity contribution in [3.63, 3.8) is 0 Å². The lowest BCUT2D eigenvalue weighted by molar-refractivity contribution is -0.146. The second-order valence-corrected chi connectivity index (χ2v) is 3.85. The monoisotopic (exact) mass is 228 g/mol. The fourth-order valence-corrected chi connectivity index (χ4v) is 1.69. The van der Waals surface area contributed by atoms with Gasteiger partial charge in [0.1, 0.15) is 0 Å². The van der Waals surface area contributed by atoms with Crippen molar-refractivity contribution in [2.75, 3.05) is 7.11 Å². The number of rotatable bonds is 5. The molecule has 15 heavy (non-hydrogen) atoms. The molecule has 82 valence electrons. The summed E-state index contributed by atoms with van der Waals surface area (Å²) in [7, 11) is 1.21. The summed E-state index contributed by atoms with van der Waals surface area (Å²) in [6, 6.07) is 2.70. The number of ether oxygens (including phenoxy) is 1. The van der Waals surface area contributed by atoms with E-state index in [1.807, 2.05) is 17.5 Å². The third-order valence-corrected chi connectivity index (χ3v) is 2.66. The van der Waals surface area contributed by atoms with Gasteiger partial charge in [-0.05, 0) is 11.4 Å². The Morgan fingerprint density at radius 2 is 2.40 bits per heavy atom. The Bertz CT molecular complexity index is 337. The summed E-state index contributed by atoms with van der Waals surface area (Å²) in [5.74, 6) is -1.41. The number of hydrogen-bond donors (Lipinski definition) is 2. The van der Waals surface area contributed by atoms with Gasteiger partial charge in [0.25, 0.3) is 0 Å². The SMILES string of the molecule is COC(=O)C(NCc1cccs1)C(N)=O. The van der Waals surface area contributed by atoms with Crippen molar-refractivity contribution >= 4 is 23.2 Å². The summed E-state index contributed by atoms with van der Waals surface area (Å²) < 4.78 is 4.44. The van der Waals surface area contributed by atoms with Gasteiger partial charge in [-0.25, -0.2) is 4.79 Å². The van der Waals surface area contributed by atoms with Gasteiger partial charge in [0.05, 0.1) is 7.11 Å². The molecule has 6 heteroatoms. The van der Waals surface area contributed by atoms with Crippen LogP contribution in [0, 0.1) is 0 Å². The topological polar surface area (TPSA) is 81.4 Å². The maximum absolute atomic E-state index is 11.1. The van der Waals surface area contributed by atoms with Crippen LogP contribution in [0.15, 0.2) is 17.5 Å². The molecule has 1 aromatic heterocycles. The first-order chi connectivity index (χ1) is 7.15. The summed E-state index contributed by atoms with van der Waals surface area (Å²) in [5, 5.41) is 4.64. The lowest BCUT2D eigenvalue weighted by atomic mass is 10.3. The molecule has 0 aromatic carbocycles. The molecule has 0 saturated heterocycles. The Morgan fingerprint density at radius 1 is 1.67 bits per heavy atom. The lowest BCUT2D eigenvalue weighted by Crippen LogP contribution is -2.47. The van der Waals surface area contributed by atoms with E-state index in [0.29, 0.717) is 6.54 Å². The molecule has 0 saturated carbocycles. The number of esters is 1. The van der Waals surface area contributed by atoms with Crippen LogP contribution in [0.3, 0.4) is 0 Å². The van der Waals surface area contributed by atoms with Gasteiger partial charge < -0.3 is 10.5 Å². The van der Waals surface area contributed by atoms with E-state index in [2.05, 4.69) is 10.1 Å². The van der Waals surface area contributed by atoms with Gasteiger partial charge in [-0.15, -0.1) is 11.3 Å². The van der Waals surface area contributed by atoms with E-state index in [-0.39, 0.29) is 0 Å². The minimum absolute atomic E-state index is 0.417. The van der Waals surface area contributed by atoms with Crippen molar-refractivity contribution in [1.82, 2.24) is 5.32 Å². The maximum Gasteiger partial charge on any atom is 0.332 e. The van der Waals surface area contributed by atoms with Crippen molar-refractivity contribution in [3.05, 3.63) is 22.4 Å². The second-order valence-electron chi connectivity index (χ2n) is 2.82. The van der Waals surface area contributed by atoms with Crippen molar-refractivity contribution in [3.8, 4) is 0 Å². The van der Waals surface area contributed by atoms with E-state index in [9.17, 15) is 9.59 Å². The average Bonchev–Trinajstić information content (AvgIpc) is 2.70. The van der Waals surface area contributed by atoms with E-state index in [1.54, 1.807) is 0 Å². The molecule has 1 unspecified atom stereocenters. The molecule has 3 N–H and O–H groups in total. The molecule has 0 fully saturated rings.